The molecule has 0 atom stereocenters. The molecule has 0 saturated carbocycles. The number of ether oxygens (including phenoxy) is 1. The van der Waals surface area contributed by atoms with Crippen LogP contribution in [0, 0.1) is 19.7 Å². The minimum atomic E-state index is -0.230. The van der Waals surface area contributed by atoms with Crippen molar-refractivity contribution in [1.29, 1.82) is 0 Å². The van der Waals surface area contributed by atoms with E-state index >= 15 is 0 Å². The molecule has 0 N–H and O–H groups in total. The summed E-state index contributed by atoms with van der Waals surface area (Å²) >= 11 is 6.03. The van der Waals surface area contributed by atoms with Gasteiger partial charge in [-0.1, -0.05) is 35.9 Å². The van der Waals surface area contributed by atoms with Gasteiger partial charge in [-0.3, -0.25) is 0 Å². The number of rotatable bonds is 6. The second kappa shape index (κ2) is 9.50. The zero-order valence-corrected chi connectivity index (χ0v) is 18.4. The van der Waals surface area contributed by atoms with Crippen molar-refractivity contribution in [2.75, 3.05) is 6.61 Å². The van der Waals surface area contributed by atoms with Crippen molar-refractivity contribution in [2.45, 2.75) is 26.8 Å². The molecule has 156 valence electrons. The van der Waals surface area contributed by atoms with Crippen LogP contribution in [0.4, 0.5) is 4.39 Å². The number of fused-ring (bicyclic) bond motifs is 1. The van der Waals surface area contributed by atoms with Crippen molar-refractivity contribution < 1.29 is 9.13 Å². The summed E-state index contributed by atoms with van der Waals surface area (Å²) in [6, 6.07) is 16.4. The maximum absolute atomic E-state index is 13.1. The molecule has 4 aromatic rings. The van der Waals surface area contributed by atoms with Crippen molar-refractivity contribution in [1.82, 2.24) is 9.55 Å². The fraction of sp³-hybridized carbons (Fsp3) is 0.208. The third-order valence-electron chi connectivity index (χ3n) is 5.31. The van der Waals surface area contributed by atoms with Crippen LogP contribution in [-0.2, 0) is 13.0 Å². The summed E-state index contributed by atoms with van der Waals surface area (Å²) in [7, 11) is 0. The predicted molar refractivity (Wildman–Crippen MR) is 123 cm³/mol. The molecule has 2 heterocycles. The lowest BCUT2D eigenvalue weighted by Gasteiger charge is -2.12. The quantitative estimate of drug-likeness (QED) is 0.337. The lowest BCUT2D eigenvalue weighted by molar-refractivity contribution is 0.312. The molecule has 6 heteroatoms. The Kier molecular flexibility index (Phi) is 7.01. The van der Waals surface area contributed by atoms with E-state index in [2.05, 4.69) is 23.4 Å². The number of pyridine rings is 1. The molecule has 2 aromatic heterocycles. The van der Waals surface area contributed by atoms with E-state index in [1.165, 1.54) is 23.4 Å². The van der Waals surface area contributed by atoms with Gasteiger partial charge in [-0.2, -0.15) is 0 Å². The van der Waals surface area contributed by atoms with Gasteiger partial charge in [0.25, 0.3) is 0 Å². The second-order valence-electron chi connectivity index (χ2n) is 7.16. The summed E-state index contributed by atoms with van der Waals surface area (Å²) in [6.07, 6.45) is 2.48. The van der Waals surface area contributed by atoms with Gasteiger partial charge in [0.05, 0.1) is 6.61 Å². The van der Waals surface area contributed by atoms with Crippen molar-refractivity contribution in [3.63, 3.8) is 0 Å². The molecule has 0 saturated heterocycles. The van der Waals surface area contributed by atoms with E-state index in [0.717, 1.165) is 27.1 Å². The molecule has 0 aliphatic rings. The molecule has 0 radical (unpaired) electrons. The Morgan fingerprint density at radius 3 is 2.33 bits per heavy atom. The first kappa shape index (κ1) is 22.1. The molecule has 30 heavy (non-hydrogen) atoms. The molecule has 0 unspecified atom stereocenters. The molecular weight excluding hydrogens is 422 g/mol. The molecule has 0 aliphatic carbocycles. The summed E-state index contributed by atoms with van der Waals surface area (Å²) in [5, 5.41) is 1.87. The predicted octanol–water partition coefficient (Wildman–Crippen LogP) is 6.54. The van der Waals surface area contributed by atoms with E-state index in [4.69, 9.17) is 16.3 Å². The Bertz CT molecular complexity index is 1140. The van der Waals surface area contributed by atoms with Crippen LogP contribution in [0.15, 0.2) is 60.8 Å². The average Bonchev–Trinajstić information content (AvgIpc) is 2.97. The first-order valence-electron chi connectivity index (χ1n) is 9.59. The zero-order chi connectivity index (χ0) is 20.4. The SMILES string of the molecule is Cc1c(C)n(Cc2ccc(Cl)cc2)c2c(OCCc3ccc(F)cc3)nccc12.Cl. The molecule has 0 amide bonds. The van der Waals surface area contributed by atoms with E-state index in [-0.39, 0.29) is 18.2 Å². The Morgan fingerprint density at radius 1 is 0.967 bits per heavy atom. The number of aromatic nitrogens is 2. The highest BCUT2D eigenvalue weighted by atomic mass is 35.5. The van der Waals surface area contributed by atoms with Crippen LogP contribution in [0.5, 0.6) is 5.88 Å². The molecule has 3 nitrogen and oxygen atoms in total. The summed E-state index contributed by atoms with van der Waals surface area (Å²) in [6.45, 7) is 5.43. The standard InChI is InChI=1S/C24H22ClFN2O.ClH/c1-16-17(2)28(15-19-3-7-20(25)8-4-19)23-22(16)11-13-27-24(23)29-14-12-18-5-9-21(26)10-6-18;/h3-11,13H,12,14-15H2,1-2H3;1H. The highest BCUT2D eigenvalue weighted by Crippen LogP contribution is 2.31. The van der Waals surface area contributed by atoms with Gasteiger partial charge in [0.15, 0.2) is 0 Å². The fourth-order valence-corrected chi connectivity index (χ4v) is 3.68. The molecule has 2 aromatic carbocycles. The third-order valence-corrected chi connectivity index (χ3v) is 5.56. The second-order valence-corrected chi connectivity index (χ2v) is 7.60. The van der Waals surface area contributed by atoms with Gasteiger partial charge in [0, 0.05) is 35.3 Å². The number of hydrogen-bond acceptors (Lipinski definition) is 2. The summed E-state index contributed by atoms with van der Waals surface area (Å²) in [5.74, 6) is 0.391. The van der Waals surface area contributed by atoms with Crippen molar-refractivity contribution in [2.24, 2.45) is 0 Å². The number of benzene rings is 2. The number of aryl methyl sites for hydroxylation is 1. The summed E-state index contributed by atoms with van der Waals surface area (Å²) in [4.78, 5) is 4.50. The van der Waals surface area contributed by atoms with Gasteiger partial charge >= 0.3 is 0 Å². The van der Waals surface area contributed by atoms with Crippen LogP contribution < -0.4 is 4.74 Å². The molecule has 0 aliphatic heterocycles. The number of nitrogens with zero attached hydrogens (tertiary/aromatic N) is 2. The molecular formula is C24H23Cl2FN2O. The highest BCUT2D eigenvalue weighted by molar-refractivity contribution is 6.30. The monoisotopic (exact) mass is 444 g/mol. The normalized spacial score (nSPS) is 10.8. The Morgan fingerprint density at radius 2 is 1.63 bits per heavy atom. The van der Waals surface area contributed by atoms with Crippen LogP contribution in [0.1, 0.15) is 22.4 Å². The number of hydrogen-bond donors (Lipinski definition) is 0. The number of halogens is 3. The Labute approximate surface area is 186 Å². The Balaban J connectivity index is 0.00000256. The lowest BCUT2D eigenvalue weighted by atomic mass is 10.1. The molecule has 0 spiro atoms. The Hall–Kier alpha value is -2.56. The van der Waals surface area contributed by atoms with E-state index in [1.54, 1.807) is 18.3 Å². The van der Waals surface area contributed by atoms with E-state index in [1.807, 2.05) is 30.3 Å². The summed E-state index contributed by atoms with van der Waals surface area (Å²) in [5.41, 5.74) is 5.60. The van der Waals surface area contributed by atoms with Gasteiger partial charge in [0.2, 0.25) is 5.88 Å². The van der Waals surface area contributed by atoms with Gasteiger partial charge < -0.3 is 9.30 Å². The lowest BCUT2D eigenvalue weighted by Crippen LogP contribution is -2.07. The van der Waals surface area contributed by atoms with Gasteiger partial charge in [-0.05, 0) is 60.9 Å². The minimum absolute atomic E-state index is 0. The van der Waals surface area contributed by atoms with Crippen molar-refractivity contribution in [3.05, 3.63) is 94.0 Å². The summed E-state index contributed by atoms with van der Waals surface area (Å²) < 4.78 is 21.4. The van der Waals surface area contributed by atoms with Crippen molar-refractivity contribution >= 4 is 34.9 Å². The average molecular weight is 445 g/mol. The van der Waals surface area contributed by atoms with Crippen LogP contribution in [-0.4, -0.2) is 16.2 Å². The maximum atomic E-state index is 13.1. The van der Waals surface area contributed by atoms with E-state index in [0.29, 0.717) is 25.5 Å². The topological polar surface area (TPSA) is 27.1 Å². The molecule has 0 fully saturated rings. The maximum Gasteiger partial charge on any atom is 0.238 e. The third kappa shape index (κ3) is 4.61. The molecule has 4 rings (SSSR count). The zero-order valence-electron chi connectivity index (χ0n) is 16.9. The van der Waals surface area contributed by atoms with Gasteiger partial charge in [-0.15, -0.1) is 12.4 Å². The van der Waals surface area contributed by atoms with Gasteiger partial charge in [0.1, 0.15) is 11.3 Å². The van der Waals surface area contributed by atoms with E-state index in [9.17, 15) is 4.39 Å². The minimum Gasteiger partial charge on any atom is -0.476 e. The first-order valence-corrected chi connectivity index (χ1v) is 9.97. The smallest absolute Gasteiger partial charge is 0.238 e. The van der Waals surface area contributed by atoms with E-state index < -0.39 is 0 Å². The van der Waals surface area contributed by atoms with Crippen LogP contribution in [0.3, 0.4) is 0 Å². The highest BCUT2D eigenvalue weighted by Gasteiger charge is 2.16. The largest absolute Gasteiger partial charge is 0.476 e. The van der Waals surface area contributed by atoms with Gasteiger partial charge in [-0.25, -0.2) is 9.37 Å². The molecule has 0 bridgehead atoms. The van der Waals surface area contributed by atoms with Crippen LogP contribution in [0.2, 0.25) is 5.02 Å². The van der Waals surface area contributed by atoms with Crippen molar-refractivity contribution in [3.8, 4) is 5.88 Å². The fourth-order valence-electron chi connectivity index (χ4n) is 3.56. The first-order chi connectivity index (χ1) is 14.0. The van der Waals surface area contributed by atoms with Crippen LogP contribution >= 0.6 is 24.0 Å². The van der Waals surface area contributed by atoms with Crippen LogP contribution in [0.25, 0.3) is 10.9 Å².